The van der Waals surface area contributed by atoms with Gasteiger partial charge in [0.2, 0.25) is 0 Å². The van der Waals surface area contributed by atoms with Crippen LogP contribution in [-0.2, 0) is 6.42 Å². The molecular formula is C17H22O5. The molecule has 1 heterocycles. The molecule has 120 valence electrons. The lowest BCUT2D eigenvalue weighted by atomic mass is 9.70. The summed E-state index contributed by atoms with van der Waals surface area (Å²) in [6, 6.07) is 3.06. The summed E-state index contributed by atoms with van der Waals surface area (Å²) in [6.07, 6.45) is 2.09. The number of benzene rings is 1. The molecule has 0 aromatic heterocycles. The van der Waals surface area contributed by atoms with Gasteiger partial charge in [0.05, 0.1) is 17.3 Å². The molecule has 4 atom stereocenters. The number of carbonyl (C=O) groups is 1. The summed E-state index contributed by atoms with van der Waals surface area (Å²) >= 11 is 0. The quantitative estimate of drug-likeness (QED) is 0.725. The Kier molecular flexibility index (Phi) is 3.45. The number of phenols is 1. The summed E-state index contributed by atoms with van der Waals surface area (Å²) in [5.74, 6) is 0.631. The Bertz CT molecular complexity index is 609. The highest BCUT2D eigenvalue weighted by Crippen LogP contribution is 2.49. The summed E-state index contributed by atoms with van der Waals surface area (Å²) in [5, 5.41) is 30.3. The summed E-state index contributed by atoms with van der Waals surface area (Å²) in [4.78, 5) is 11.2. The van der Waals surface area contributed by atoms with Gasteiger partial charge in [-0.15, -0.1) is 0 Å². The van der Waals surface area contributed by atoms with Crippen molar-refractivity contribution in [2.45, 2.75) is 56.8 Å². The van der Waals surface area contributed by atoms with Crippen LogP contribution in [0.2, 0.25) is 0 Å². The minimum atomic E-state index is -1.06. The van der Waals surface area contributed by atoms with Crippen LogP contribution in [0.4, 0.5) is 0 Å². The molecule has 0 bridgehead atoms. The third-order valence-electron chi connectivity index (χ3n) is 5.34. The van der Waals surface area contributed by atoms with Crippen LogP contribution in [-0.4, -0.2) is 38.9 Å². The number of phenolic OH excluding ortho intramolecular Hbond substituents is 1. The van der Waals surface area contributed by atoms with Crippen molar-refractivity contribution in [3.05, 3.63) is 23.3 Å². The van der Waals surface area contributed by atoms with Gasteiger partial charge in [-0.1, -0.05) is 0 Å². The molecule has 0 radical (unpaired) electrons. The highest BCUT2D eigenvalue weighted by molar-refractivity contribution is 5.81. The monoisotopic (exact) mass is 306 g/mol. The van der Waals surface area contributed by atoms with Crippen LogP contribution in [0.25, 0.3) is 0 Å². The van der Waals surface area contributed by atoms with Crippen molar-refractivity contribution in [2.24, 2.45) is 5.92 Å². The molecule has 5 heteroatoms. The largest absolute Gasteiger partial charge is 0.508 e. The number of fused-ring (bicyclic) bond motifs is 1. The first kappa shape index (κ1) is 15.3. The van der Waals surface area contributed by atoms with Crippen molar-refractivity contribution in [3.63, 3.8) is 0 Å². The molecule has 1 fully saturated rings. The first-order valence-electron chi connectivity index (χ1n) is 7.66. The fraction of sp³-hybridized carbons (Fsp3) is 0.588. The minimum Gasteiger partial charge on any atom is -0.508 e. The SMILES string of the molecule is CC1([C@@H]2CC[C@](C)(O)[C@H](O)C2)Cc2c(O)ccc(C=O)c2O1. The predicted octanol–water partition coefficient (Wildman–Crippen LogP) is 1.81. The fourth-order valence-electron chi connectivity index (χ4n) is 3.70. The molecule has 0 amide bonds. The molecule has 0 spiro atoms. The van der Waals surface area contributed by atoms with E-state index in [0.717, 1.165) is 12.7 Å². The molecular weight excluding hydrogens is 284 g/mol. The van der Waals surface area contributed by atoms with Crippen LogP contribution in [0.1, 0.15) is 49.0 Å². The molecule has 1 aromatic carbocycles. The molecule has 1 aromatic rings. The summed E-state index contributed by atoms with van der Waals surface area (Å²) in [5.41, 5.74) is -0.566. The van der Waals surface area contributed by atoms with Gasteiger partial charge in [-0.3, -0.25) is 4.79 Å². The van der Waals surface area contributed by atoms with Crippen LogP contribution < -0.4 is 4.74 Å². The highest BCUT2D eigenvalue weighted by atomic mass is 16.5. The lowest BCUT2D eigenvalue weighted by molar-refractivity contribution is -0.121. The van der Waals surface area contributed by atoms with Crippen molar-refractivity contribution >= 4 is 6.29 Å². The van der Waals surface area contributed by atoms with Crippen molar-refractivity contribution in [2.75, 3.05) is 0 Å². The maximum Gasteiger partial charge on any atom is 0.153 e. The summed E-state index contributed by atoms with van der Waals surface area (Å²) in [6.45, 7) is 3.59. The number of hydrogen-bond donors (Lipinski definition) is 3. The van der Waals surface area contributed by atoms with E-state index in [4.69, 9.17) is 4.74 Å². The summed E-state index contributed by atoms with van der Waals surface area (Å²) < 4.78 is 6.07. The number of aliphatic hydroxyl groups is 2. The number of rotatable bonds is 2. The van der Waals surface area contributed by atoms with Crippen LogP contribution in [0.5, 0.6) is 11.5 Å². The number of carbonyl (C=O) groups excluding carboxylic acids is 1. The average molecular weight is 306 g/mol. The average Bonchev–Trinajstić information content (AvgIpc) is 2.82. The Morgan fingerprint density at radius 3 is 2.73 bits per heavy atom. The third kappa shape index (κ3) is 2.29. The van der Waals surface area contributed by atoms with E-state index in [2.05, 4.69) is 0 Å². The van der Waals surface area contributed by atoms with Crippen molar-refractivity contribution in [3.8, 4) is 11.5 Å². The van der Waals surface area contributed by atoms with Gasteiger partial charge in [0.15, 0.2) is 6.29 Å². The zero-order chi connectivity index (χ0) is 16.1. The van der Waals surface area contributed by atoms with Crippen LogP contribution in [0.3, 0.4) is 0 Å². The van der Waals surface area contributed by atoms with Crippen molar-refractivity contribution in [1.82, 2.24) is 0 Å². The molecule has 2 aliphatic rings. The second-order valence-electron chi connectivity index (χ2n) is 7.04. The first-order chi connectivity index (χ1) is 10.3. The van der Waals surface area contributed by atoms with Gasteiger partial charge in [-0.25, -0.2) is 0 Å². The van der Waals surface area contributed by atoms with E-state index < -0.39 is 17.3 Å². The molecule has 3 N–H and O–H groups in total. The number of aliphatic hydroxyl groups excluding tert-OH is 1. The normalized spacial score (nSPS) is 37.5. The fourth-order valence-corrected chi connectivity index (χ4v) is 3.70. The Morgan fingerprint density at radius 1 is 1.36 bits per heavy atom. The van der Waals surface area contributed by atoms with Gasteiger partial charge in [0.25, 0.3) is 0 Å². The predicted molar refractivity (Wildman–Crippen MR) is 80.2 cm³/mol. The molecule has 1 unspecified atom stereocenters. The van der Waals surface area contributed by atoms with Gasteiger partial charge in [0.1, 0.15) is 17.1 Å². The van der Waals surface area contributed by atoms with Gasteiger partial charge < -0.3 is 20.1 Å². The molecule has 1 saturated carbocycles. The van der Waals surface area contributed by atoms with E-state index in [1.165, 1.54) is 6.07 Å². The smallest absolute Gasteiger partial charge is 0.153 e. The maximum absolute atomic E-state index is 11.2. The van der Waals surface area contributed by atoms with E-state index >= 15 is 0 Å². The van der Waals surface area contributed by atoms with Gasteiger partial charge in [-0.05, 0) is 45.2 Å². The number of hydrogen-bond acceptors (Lipinski definition) is 5. The van der Waals surface area contributed by atoms with E-state index in [1.54, 1.807) is 13.0 Å². The minimum absolute atomic E-state index is 0.0500. The van der Waals surface area contributed by atoms with E-state index in [1.807, 2.05) is 6.92 Å². The van der Waals surface area contributed by atoms with Crippen molar-refractivity contribution < 1.29 is 24.9 Å². The second-order valence-corrected chi connectivity index (χ2v) is 7.04. The van der Waals surface area contributed by atoms with E-state index in [-0.39, 0.29) is 11.7 Å². The zero-order valence-electron chi connectivity index (χ0n) is 12.9. The Labute approximate surface area is 129 Å². The van der Waals surface area contributed by atoms with E-state index in [0.29, 0.717) is 36.1 Å². The Hall–Kier alpha value is -1.59. The molecule has 1 aliphatic heterocycles. The Balaban J connectivity index is 1.88. The molecule has 3 rings (SSSR count). The molecule has 22 heavy (non-hydrogen) atoms. The van der Waals surface area contributed by atoms with Crippen LogP contribution in [0.15, 0.2) is 12.1 Å². The number of aldehydes is 1. The second kappa shape index (κ2) is 4.96. The lowest BCUT2D eigenvalue weighted by Gasteiger charge is -2.43. The van der Waals surface area contributed by atoms with Gasteiger partial charge in [0, 0.05) is 17.9 Å². The Morgan fingerprint density at radius 2 is 2.09 bits per heavy atom. The molecule has 1 aliphatic carbocycles. The van der Waals surface area contributed by atoms with E-state index in [9.17, 15) is 20.1 Å². The van der Waals surface area contributed by atoms with Crippen LogP contribution >= 0.6 is 0 Å². The summed E-state index contributed by atoms with van der Waals surface area (Å²) in [7, 11) is 0. The lowest BCUT2D eigenvalue weighted by Crippen LogP contribution is -2.51. The highest BCUT2D eigenvalue weighted by Gasteiger charge is 2.49. The third-order valence-corrected chi connectivity index (χ3v) is 5.34. The molecule has 5 nitrogen and oxygen atoms in total. The van der Waals surface area contributed by atoms with Crippen molar-refractivity contribution in [1.29, 1.82) is 0 Å². The maximum atomic E-state index is 11.2. The zero-order valence-corrected chi connectivity index (χ0v) is 12.9. The first-order valence-corrected chi connectivity index (χ1v) is 7.66. The number of ether oxygens (including phenoxy) is 1. The topological polar surface area (TPSA) is 87.0 Å². The van der Waals surface area contributed by atoms with Gasteiger partial charge in [-0.2, -0.15) is 0 Å². The van der Waals surface area contributed by atoms with Crippen LogP contribution in [0, 0.1) is 5.92 Å². The standard InChI is InChI=1S/C17H22O5/c1-16(21)6-5-11(7-14(16)20)17(2)8-12-13(19)4-3-10(9-18)15(12)22-17/h3-4,9,11,14,19-21H,5-8H2,1-2H3/t11-,14-,16+,17?/m1/s1. The number of aromatic hydroxyl groups is 1. The molecule has 0 saturated heterocycles. The van der Waals surface area contributed by atoms with Gasteiger partial charge >= 0.3 is 0 Å².